The molecule has 2 aromatic carbocycles. The minimum atomic E-state index is -0.244. The van der Waals surface area contributed by atoms with Crippen LogP contribution >= 0.6 is 0 Å². The third kappa shape index (κ3) is 3.85. The van der Waals surface area contributed by atoms with Crippen LogP contribution in [0.3, 0.4) is 0 Å². The highest BCUT2D eigenvalue weighted by atomic mass is 16.2. The summed E-state index contributed by atoms with van der Waals surface area (Å²) in [6.07, 6.45) is 1.62. The Hall–Kier alpha value is -2.82. The van der Waals surface area contributed by atoms with Crippen LogP contribution in [0, 0.1) is 0 Å². The largest absolute Gasteiger partial charge is 0.387 e. The summed E-state index contributed by atoms with van der Waals surface area (Å²) in [6.45, 7) is 0. The lowest BCUT2D eigenvalue weighted by atomic mass is 10.1. The second kappa shape index (κ2) is 7.26. The van der Waals surface area contributed by atoms with E-state index in [0.717, 1.165) is 16.9 Å². The van der Waals surface area contributed by atoms with Gasteiger partial charge < -0.3 is 10.2 Å². The number of carbonyl (C=O) groups excluding carboxylic acids is 1. The second-order valence-corrected chi connectivity index (χ2v) is 4.98. The molecule has 0 saturated carbocycles. The van der Waals surface area contributed by atoms with E-state index in [-0.39, 0.29) is 5.91 Å². The number of nitrogens with zero attached hydrogens (tertiary/aromatic N) is 2. The van der Waals surface area contributed by atoms with Crippen LogP contribution in [0.25, 0.3) is 0 Å². The van der Waals surface area contributed by atoms with Gasteiger partial charge in [0, 0.05) is 32.5 Å². The second-order valence-electron chi connectivity index (χ2n) is 4.98. The fraction of sp³-hybridized carbons (Fsp3) is 0.176. The van der Waals surface area contributed by atoms with Gasteiger partial charge in [-0.05, 0) is 29.8 Å². The molecule has 0 radical (unpaired) electrons. The molecule has 0 saturated heterocycles. The Morgan fingerprint density at radius 3 is 2.41 bits per heavy atom. The monoisotopic (exact) mass is 296 g/mol. The fourth-order valence-electron chi connectivity index (χ4n) is 1.98. The molecule has 1 amide bonds. The number of para-hydroxylation sites is 1. The summed E-state index contributed by atoms with van der Waals surface area (Å²) in [4.78, 5) is 14.1. The van der Waals surface area contributed by atoms with Crippen LogP contribution in [0.4, 0.5) is 11.4 Å². The average Bonchev–Trinajstić information content (AvgIpc) is 2.55. The lowest BCUT2D eigenvalue weighted by Crippen LogP contribution is -2.19. The standard InChI is InChI=1S/C17H20N4O/c1-18-16-7-5-4-6-15(16)17(22)20-19-12-13-8-10-14(11-9-13)21(2)3/h4-12,18H,1-3H3,(H,20,22)/b19-12-. The van der Waals surface area contributed by atoms with E-state index in [2.05, 4.69) is 15.8 Å². The predicted octanol–water partition coefficient (Wildman–Crippen LogP) is 2.56. The number of anilines is 2. The molecule has 22 heavy (non-hydrogen) atoms. The number of hydrazone groups is 1. The first kappa shape index (κ1) is 15.6. The smallest absolute Gasteiger partial charge is 0.273 e. The molecule has 0 unspecified atom stereocenters. The van der Waals surface area contributed by atoms with Gasteiger partial charge in [-0.3, -0.25) is 4.79 Å². The summed E-state index contributed by atoms with van der Waals surface area (Å²) in [6, 6.07) is 15.2. The minimum Gasteiger partial charge on any atom is -0.387 e. The van der Waals surface area contributed by atoms with Crippen LogP contribution in [0.1, 0.15) is 15.9 Å². The summed E-state index contributed by atoms with van der Waals surface area (Å²) in [7, 11) is 5.76. The fourth-order valence-corrected chi connectivity index (χ4v) is 1.98. The van der Waals surface area contributed by atoms with Gasteiger partial charge in [0.2, 0.25) is 0 Å². The van der Waals surface area contributed by atoms with Crippen molar-refractivity contribution in [1.29, 1.82) is 0 Å². The Kier molecular flexibility index (Phi) is 5.14. The molecule has 0 aliphatic heterocycles. The average molecular weight is 296 g/mol. The van der Waals surface area contributed by atoms with E-state index in [4.69, 9.17) is 0 Å². The summed E-state index contributed by atoms with van der Waals surface area (Å²) < 4.78 is 0. The number of benzene rings is 2. The highest BCUT2D eigenvalue weighted by Crippen LogP contribution is 2.14. The van der Waals surface area contributed by atoms with E-state index in [1.165, 1.54) is 0 Å². The van der Waals surface area contributed by atoms with Gasteiger partial charge in [0.1, 0.15) is 0 Å². The van der Waals surface area contributed by atoms with E-state index >= 15 is 0 Å². The molecular formula is C17H20N4O. The quantitative estimate of drug-likeness (QED) is 0.658. The van der Waals surface area contributed by atoms with Gasteiger partial charge in [-0.15, -0.1) is 0 Å². The van der Waals surface area contributed by atoms with Crippen LogP contribution in [0.15, 0.2) is 53.6 Å². The molecule has 0 aliphatic carbocycles. The van der Waals surface area contributed by atoms with Crippen LogP contribution in [0.2, 0.25) is 0 Å². The van der Waals surface area contributed by atoms with Crippen molar-refractivity contribution in [1.82, 2.24) is 5.43 Å². The van der Waals surface area contributed by atoms with Crippen molar-refractivity contribution in [3.05, 3.63) is 59.7 Å². The first-order valence-electron chi connectivity index (χ1n) is 6.99. The molecule has 114 valence electrons. The summed E-state index contributed by atoms with van der Waals surface area (Å²) in [5, 5.41) is 6.99. The van der Waals surface area contributed by atoms with Gasteiger partial charge in [0.15, 0.2) is 0 Å². The van der Waals surface area contributed by atoms with Crippen LogP contribution in [-0.4, -0.2) is 33.3 Å². The van der Waals surface area contributed by atoms with E-state index in [0.29, 0.717) is 5.56 Å². The molecule has 5 nitrogen and oxygen atoms in total. The molecule has 2 rings (SSSR count). The van der Waals surface area contributed by atoms with Crippen molar-refractivity contribution in [3.8, 4) is 0 Å². The molecule has 0 bridgehead atoms. The molecule has 0 aromatic heterocycles. The third-order valence-corrected chi connectivity index (χ3v) is 3.23. The highest BCUT2D eigenvalue weighted by molar-refractivity contribution is 5.99. The SMILES string of the molecule is CNc1ccccc1C(=O)N/N=C\c1ccc(N(C)C)cc1. The molecule has 2 N–H and O–H groups in total. The van der Waals surface area contributed by atoms with Gasteiger partial charge in [0.05, 0.1) is 11.8 Å². The van der Waals surface area contributed by atoms with E-state index in [1.54, 1.807) is 19.3 Å². The summed E-state index contributed by atoms with van der Waals surface area (Å²) in [5.41, 5.74) is 5.91. The first-order chi connectivity index (χ1) is 10.6. The van der Waals surface area contributed by atoms with Crippen LogP contribution < -0.4 is 15.6 Å². The van der Waals surface area contributed by atoms with Gasteiger partial charge in [0.25, 0.3) is 5.91 Å². The van der Waals surface area contributed by atoms with E-state index < -0.39 is 0 Å². The number of hydrogen-bond donors (Lipinski definition) is 2. The van der Waals surface area contributed by atoms with Gasteiger partial charge in [-0.25, -0.2) is 5.43 Å². The number of hydrogen-bond acceptors (Lipinski definition) is 4. The van der Waals surface area contributed by atoms with Crippen LogP contribution in [0.5, 0.6) is 0 Å². The molecule has 0 atom stereocenters. The first-order valence-corrected chi connectivity index (χ1v) is 6.99. The normalized spacial score (nSPS) is 10.5. The van der Waals surface area contributed by atoms with Crippen molar-refractivity contribution < 1.29 is 4.79 Å². The molecular weight excluding hydrogens is 276 g/mol. The molecule has 0 spiro atoms. The third-order valence-electron chi connectivity index (χ3n) is 3.23. The topological polar surface area (TPSA) is 56.7 Å². The molecule has 0 heterocycles. The van der Waals surface area contributed by atoms with Crippen LogP contribution in [-0.2, 0) is 0 Å². The van der Waals surface area contributed by atoms with Gasteiger partial charge in [-0.1, -0.05) is 24.3 Å². The Balaban J connectivity index is 2.01. The van der Waals surface area contributed by atoms with Crippen molar-refractivity contribution >= 4 is 23.5 Å². The highest BCUT2D eigenvalue weighted by Gasteiger charge is 2.08. The lowest BCUT2D eigenvalue weighted by Gasteiger charge is -2.11. The van der Waals surface area contributed by atoms with Crippen molar-refractivity contribution in [2.75, 3.05) is 31.4 Å². The number of amides is 1. The Morgan fingerprint density at radius 2 is 1.77 bits per heavy atom. The van der Waals surface area contributed by atoms with Gasteiger partial charge in [-0.2, -0.15) is 5.10 Å². The molecule has 2 aromatic rings. The van der Waals surface area contributed by atoms with E-state index in [1.807, 2.05) is 61.5 Å². The maximum Gasteiger partial charge on any atom is 0.273 e. The van der Waals surface area contributed by atoms with Crippen molar-refractivity contribution in [3.63, 3.8) is 0 Å². The van der Waals surface area contributed by atoms with Gasteiger partial charge >= 0.3 is 0 Å². The summed E-state index contributed by atoms with van der Waals surface area (Å²) >= 11 is 0. The minimum absolute atomic E-state index is 0.244. The zero-order chi connectivity index (χ0) is 15.9. The number of nitrogens with one attached hydrogen (secondary N) is 2. The Labute approximate surface area is 130 Å². The van der Waals surface area contributed by atoms with Crippen molar-refractivity contribution in [2.24, 2.45) is 5.10 Å². The maximum atomic E-state index is 12.1. The zero-order valence-corrected chi connectivity index (χ0v) is 13.0. The van der Waals surface area contributed by atoms with Crippen molar-refractivity contribution in [2.45, 2.75) is 0 Å². The predicted molar refractivity (Wildman–Crippen MR) is 91.8 cm³/mol. The number of rotatable bonds is 5. The lowest BCUT2D eigenvalue weighted by molar-refractivity contribution is 0.0956. The van der Waals surface area contributed by atoms with E-state index in [9.17, 15) is 4.79 Å². The molecule has 0 aliphatic rings. The molecule has 0 fully saturated rings. The maximum absolute atomic E-state index is 12.1. The Bertz CT molecular complexity index is 663. The summed E-state index contributed by atoms with van der Waals surface area (Å²) in [5.74, 6) is -0.244. The Morgan fingerprint density at radius 1 is 1.09 bits per heavy atom. The zero-order valence-electron chi connectivity index (χ0n) is 13.0. The number of carbonyl (C=O) groups is 1. The molecule has 5 heteroatoms.